The third-order valence-corrected chi connectivity index (χ3v) is 3.87. The summed E-state index contributed by atoms with van der Waals surface area (Å²) in [6.45, 7) is 3.17. The quantitative estimate of drug-likeness (QED) is 0.805. The molecule has 102 valence electrons. The van der Waals surface area contributed by atoms with Crippen molar-refractivity contribution < 1.29 is 17.9 Å². The van der Waals surface area contributed by atoms with E-state index in [0.29, 0.717) is 0 Å². The van der Waals surface area contributed by atoms with Gasteiger partial charge in [-0.2, -0.15) is 9.98 Å². The van der Waals surface area contributed by atoms with Gasteiger partial charge in [0.1, 0.15) is 12.1 Å². The predicted octanol–water partition coefficient (Wildman–Crippen LogP) is 0.788. The zero-order valence-corrected chi connectivity index (χ0v) is 11.4. The van der Waals surface area contributed by atoms with Crippen LogP contribution in [0.4, 0.5) is 0 Å². The lowest BCUT2D eigenvalue weighted by atomic mass is 10.2. The molecule has 1 rings (SSSR count). The molecule has 0 aliphatic carbocycles. The number of esters is 1. The Labute approximate surface area is 112 Å². The van der Waals surface area contributed by atoms with Gasteiger partial charge in [0, 0.05) is 0 Å². The zero-order chi connectivity index (χ0) is 14.5. The van der Waals surface area contributed by atoms with Crippen molar-refractivity contribution in [2.24, 2.45) is 0 Å². The highest BCUT2D eigenvalue weighted by Crippen LogP contribution is 2.14. The molecule has 1 N–H and O–H groups in total. The number of nitrogens with zero attached hydrogens (tertiary/aromatic N) is 1. The van der Waals surface area contributed by atoms with Gasteiger partial charge in [-0.1, -0.05) is 12.1 Å². The van der Waals surface area contributed by atoms with E-state index >= 15 is 0 Å². The van der Waals surface area contributed by atoms with Crippen LogP contribution < -0.4 is 4.72 Å². The molecule has 7 heteroatoms. The molecule has 0 spiro atoms. The van der Waals surface area contributed by atoms with E-state index in [1.165, 1.54) is 25.1 Å². The van der Waals surface area contributed by atoms with Gasteiger partial charge in [-0.3, -0.25) is 4.79 Å². The summed E-state index contributed by atoms with van der Waals surface area (Å²) in [6.07, 6.45) is 0. The van der Waals surface area contributed by atoms with E-state index in [-0.39, 0.29) is 17.1 Å². The maximum atomic E-state index is 12.1. The summed E-state index contributed by atoms with van der Waals surface area (Å²) in [6, 6.07) is 6.54. The van der Waals surface area contributed by atoms with Crippen LogP contribution in [0.1, 0.15) is 19.4 Å². The van der Waals surface area contributed by atoms with Crippen molar-refractivity contribution in [1.82, 2.24) is 4.72 Å². The zero-order valence-electron chi connectivity index (χ0n) is 10.6. The summed E-state index contributed by atoms with van der Waals surface area (Å²) in [5.41, 5.74) is 0.0195. The second kappa shape index (κ2) is 6.31. The Morgan fingerprint density at radius 1 is 1.47 bits per heavy atom. The van der Waals surface area contributed by atoms with Crippen molar-refractivity contribution in [3.8, 4) is 6.07 Å². The first-order valence-corrected chi connectivity index (χ1v) is 7.08. The first-order chi connectivity index (χ1) is 8.92. The first kappa shape index (κ1) is 15.1. The van der Waals surface area contributed by atoms with Crippen molar-refractivity contribution in [3.05, 3.63) is 29.8 Å². The maximum absolute atomic E-state index is 12.1. The highest BCUT2D eigenvalue weighted by molar-refractivity contribution is 7.89. The fourth-order valence-corrected chi connectivity index (χ4v) is 2.75. The van der Waals surface area contributed by atoms with Crippen LogP contribution in [0.15, 0.2) is 29.2 Å². The molecule has 0 bridgehead atoms. The predicted molar refractivity (Wildman–Crippen MR) is 67.6 cm³/mol. The second-order valence-electron chi connectivity index (χ2n) is 3.70. The van der Waals surface area contributed by atoms with Crippen molar-refractivity contribution in [2.75, 3.05) is 6.61 Å². The van der Waals surface area contributed by atoms with Crippen LogP contribution >= 0.6 is 0 Å². The molecular weight excluding hydrogens is 268 g/mol. The summed E-state index contributed by atoms with van der Waals surface area (Å²) in [5, 5.41) is 8.88. The molecule has 19 heavy (non-hydrogen) atoms. The summed E-state index contributed by atoms with van der Waals surface area (Å²) in [5.74, 6) is -0.666. The van der Waals surface area contributed by atoms with Gasteiger partial charge in [0.05, 0.1) is 17.1 Å². The Bertz CT molecular complexity index is 604. The van der Waals surface area contributed by atoms with E-state index < -0.39 is 22.0 Å². The van der Waals surface area contributed by atoms with Gasteiger partial charge in [0.15, 0.2) is 0 Å². The molecule has 1 aromatic carbocycles. The molecule has 0 fully saturated rings. The lowest BCUT2D eigenvalue weighted by molar-refractivity contribution is -0.144. The average Bonchev–Trinajstić information content (AvgIpc) is 2.38. The summed E-state index contributed by atoms with van der Waals surface area (Å²) in [4.78, 5) is 11.2. The number of nitriles is 1. The molecule has 0 aromatic heterocycles. The lowest BCUT2D eigenvalue weighted by Crippen LogP contribution is -2.39. The maximum Gasteiger partial charge on any atom is 0.323 e. The smallest absolute Gasteiger partial charge is 0.323 e. The molecule has 0 heterocycles. The van der Waals surface area contributed by atoms with Gasteiger partial charge < -0.3 is 4.74 Å². The first-order valence-electron chi connectivity index (χ1n) is 5.60. The van der Waals surface area contributed by atoms with Gasteiger partial charge >= 0.3 is 5.97 Å². The fourth-order valence-electron chi connectivity index (χ4n) is 1.40. The molecule has 0 saturated carbocycles. The van der Waals surface area contributed by atoms with Crippen LogP contribution in [0.5, 0.6) is 0 Å². The van der Waals surface area contributed by atoms with Crippen molar-refractivity contribution in [2.45, 2.75) is 24.8 Å². The molecule has 0 aliphatic rings. The van der Waals surface area contributed by atoms with Gasteiger partial charge in [-0.05, 0) is 26.0 Å². The minimum absolute atomic E-state index is 0.0195. The molecule has 1 atom stereocenters. The third-order valence-electron chi connectivity index (χ3n) is 2.27. The summed E-state index contributed by atoms with van der Waals surface area (Å²) in [7, 11) is -3.94. The Morgan fingerprint density at radius 3 is 2.68 bits per heavy atom. The van der Waals surface area contributed by atoms with Crippen LogP contribution in [-0.2, 0) is 19.6 Å². The summed E-state index contributed by atoms with van der Waals surface area (Å²) >= 11 is 0. The monoisotopic (exact) mass is 282 g/mol. The van der Waals surface area contributed by atoms with Crippen molar-refractivity contribution in [1.29, 1.82) is 5.26 Å². The second-order valence-corrected chi connectivity index (χ2v) is 5.39. The number of carbonyl (C=O) groups excluding carboxylic acids is 1. The number of carbonyl (C=O) groups is 1. The number of sulfonamides is 1. The topological polar surface area (TPSA) is 96.3 Å². The van der Waals surface area contributed by atoms with E-state index in [1.807, 2.05) is 0 Å². The normalized spacial score (nSPS) is 12.5. The van der Waals surface area contributed by atoms with E-state index in [2.05, 4.69) is 4.72 Å². The van der Waals surface area contributed by atoms with Gasteiger partial charge in [0.25, 0.3) is 0 Å². The van der Waals surface area contributed by atoms with E-state index in [4.69, 9.17) is 10.00 Å². The lowest BCUT2D eigenvalue weighted by Gasteiger charge is -2.13. The highest BCUT2D eigenvalue weighted by Gasteiger charge is 2.24. The Balaban J connectivity index is 3.00. The number of benzene rings is 1. The number of nitrogens with one attached hydrogen (secondary N) is 1. The molecule has 6 nitrogen and oxygen atoms in total. The highest BCUT2D eigenvalue weighted by atomic mass is 32.2. The van der Waals surface area contributed by atoms with E-state index in [9.17, 15) is 13.2 Å². The molecule has 0 aliphatic heterocycles. The molecular formula is C12H14N2O4S. The number of hydrogen-bond acceptors (Lipinski definition) is 5. The largest absolute Gasteiger partial charge is 0.465 e. The number of rotatable bonds is 5. The molecule has 1 unspecified atom stereocenters. The number of ether oxygens (including phenoxy) is 1. The third kappa shape index (κ3) is 3.77. The van der Waals surface area contributed by atoms with Crippen LogP contribution in [0.3, 0.4) is 0 Å². The van der Waals surface area contributed by atoms with Gasteiger partial charge in [-0.25, -0.2) is 8.42 Å². The standard InChI is InChI=1S/C12H14N2O4S/c1-3-18-12(15)9(2)14-19(16,17)11-7-5-4-6-10(11)8-13/h4-7,9,14H,3H2,1-2H3. The van der Waals surface area contributed by atoms with Crippen molar-refractivity contribution >= 4 is 16.0 Å². The van der Waals surface area contributed by atoms with Crippen molar-refractivity contribution in [3.63, 3.8) is 0 Å². The molecule has 0 saturated heterocycles. The Morgan fingerprint density at radius 2 is 2.11 bits per heavy atom. The van der Waals surface area contributed by atoms with E-state index in [1.54, 1.807) is 19.1 Å². The molecule has 0 amide bonds. The molecule has 1 aromatic rings. The van der Waals surface area contributed by atoms with Crippen LogP contribution in [0, 0.1) is 11.3 Å². The SMILES string of the molecule is CCOC(=O)C(C)NS(=O)(=O)c1ccccc1C#N. The van der Waals surface area contributed by atoms with E-state index in [0.717, 1.165) is 0 Å². The molecule has 0 radical (unpaired) electrons. The van der Waals surface area contributed by atoms with Crippen LogP contribution in [0.2, 0.25) is 0 Å². The minimum Gasteiger partial charge on any atom is -0.465 e. The Hall–Kier alpha value is -1.91. The summed E-state index contributed by atoms with van der Waals surface area (Å²) < 4.78 is 31.0. The Kier molecular flexibility index (Phi) is 5.03. The minimum atomic E-state index is -3.94. The number of hydrogen-bond donors (Lipinski definition) is 1. The fraction of sp³-hybridized carbons (Fsp3) is 0.333. The van der Waals surface area contributed by atoms with Gasteiger partial charge in [-0.15, -0.1) is 0 Å². The average molecular weight is 282 g/mol. The van der Waals surface area contributed by atoms with Crippen LogP contribution in [-0.4, -0.2) is 27.0 Å². The van der Waals surface area contributed by atoms with Crippen LogP contribution in [0.25, 0.3) is 0 Å². The van der Waals surface area contributed by atoms with Gasteiger partial charge in [0.2, 0.25) is 10.0 Å².